The Morgan fingerprint density at radius 3 is 2.39 bits per heavy atom. The zero-order chi connectivity index (χ0) is 17.0. The minimum absolute atomic E-state index is 0.504. The Bertz CT molecular complexity index is 675. The Morgan fingerprint density at radius 2 is 1.83 bits per heavy atom. The van der Waals surface area contributed by atoms with E-state index in [-0.39, 0.29) is 0 Å². The van der Waals surface area contributed by atoms with Gasteiger partial charge in [0.25, 0.3) is 0 Å². The van der Waals surface area contributed by atoms with Crippen LogP contribution in [0.25, 0.3) is 0 Å². The van der Waals surface area contributed by atoms with Gasteiger partial charge in [-0.2, -0.15) is 0 Å². The van der Waals surface area contributed by atoms with Gasteiger partial charge in [-0.05, 0) is 63.1 Å². The largest absolute Gasteiger partial charge is 0.444 e. The van der Waals surface area contributed by atoms with E-state index in [1.165, 1.54) is 0 Å². The van der Waals surface area contributed by atoms with Crippen molar-refractivity contribution in [1.82, 2.24) is 4.98 Å². The predicted molar refractivity (Wildman–Crippen MR) is 89.3 cm³/mol. The average molecular weight is 314 g/mol. The number of carbonyl (C=O) groups is 1. The van der Waals surface area contributed by atoms with Gasteiger partial charge in [-0.3, -0.25) is 10.3 Å². The van der Waals surface area contributed by atoms with Gasteiger partial charge in [0.1, 0.15) is 11.7 Å². The molecule has 2 N–H and O–H groups in total. The Labute approximate surface area is 136 Å². The molecule has 0 radical (unpaired) electrons. The molecule has 1 aromatic heterocycles. The minimum Gasteiger partial charge on any atom is -0.444 e. The van der Waals surface area contributed by atoms with Gasteiger partial charge in [-0.15, -0.1) is 0 Å². The molecule has 0 bridgehead atoms. The van der Waals surface area contributed by atoms with Crippen LogP contribution in [0.5, 0.6) is 0 Å². The van der Waals surface area contributed by atoms with Gasteiger partial charge in [-0.1, -0.05) is 12.1 Å². The van der Waals surface area contributed by atoms with E-state index in [4.69, 9.17) is 4.74 Å². The summed E-state index contributed by atoms with van der Waals surface area (Å²) in [5.41, 5.74) is 2.45. The number of nitrogens with zero attached hydrogens (tertiary/aromatic N) is 1. The molecule has 0 aliphatic rings. The molecule has 0 aliphatic heterocycles. The number of aromatic nitrogens is 1. The lowest BCUT2D eigenvalue weighted by atomic mass is 10.0. The summed E-state index contributed by atoms with van der Waals surface area (Å²) < 4.78 is 5.20. The summed E-state index contributed by atoms with van der Waals surface area (Å²) in [6.45, 7) is 7.30. The van der Waals surface area contributed by atoms with Gasteiger partial charge in [-0.25, -0.2) is 4.79 Å². The number of aryl methyl sites for hydroxylation is 1. The number of rotatable bonds is 3. The molecular weight excluding hydrogens is 292 g/mol. The molecule has 1 atom stereocenters. The molecule has 0 saturated carbocycles. The van der Waals surface area contributed by atoms with Crippen molar-refractivity contribution in [1.29, 1.82) is 0 Å². The van der Waals surface area contributed by atoms with E-state index in [1.807, 2.05) is 33.8 Å². The maximum atomic E-state index is 11.7. The lowest BCUT2D eigenvalue weighted by Gasteiger charge is -2.19. The van der Waals surface area contributed by atoms with Gasteiger partial charge in [0.15, 0.2) is 0 Å². The van der Waals surface area contributed by atoms with E-state index in [9.17, 15) is 9.90 Å². The molecule has 1 aromatic carbocycles. The number of hydrogen-bond donors (Lipinski definition) is 2. The fourth-order valence-electron chi connectivity index (χ4n) is 2.10. The second-order valence-corrected chi connectivity index (χ2v) is 6.38. The average Bonchev–Trinajstić information content (AvgIpc) is 2.45. The number of amides is 1. The van der Waals surface area contributed by atoms with E-state index >= 15 is 0 Å². The molecule has 2 rings (SSSR count). The van der Waals surface area contributed by atoms with Gasteiger partial charge >= 0.3 is 6.09 Å². The van der Waals surface area contributed by atoms with Crippen molar-refractivity contribution < 1.29 is 14.6 Å². The molecule has 1 unspecified atom stereocenters. The van der Waals surface area contributed by atoms with E-state index in [2.05, 4.69) is 10.3 Å². The van der Waals surface area contributed by atoms with Crippen molar-refractivity contribution in [3.63, 3.8) is 0 Å². The molecular formula is C18H22N2O3. The predicted octanol–water partition coefficient (Wildman–Crippen LogP) is 3.82. The zero-order valence-corrected chi connectivity index (χ0v) is 13.8. The van der Waals surface area contributed by atoms with Gasteiger partial charge < -0.3 is 9.84 Å². The first kappa shape index (κ1) is 17.0. The minimum atomic E-state index is -0.729. The van der Waals surface area contributed by atoms with Crippen molar-refractivity contribution in [2.24, 2.45) is 0 Å². The Balaban J connectivity index is 2.06. The molecule has 23 heavy (non-hydrogen) atoms. The summed E-state index contributed by atoms with van der Waals surface area (Å²) in [7, 11) is 0. The quantitative estimate of drug-likeness (QED) is 0.903. The van der Waals surface area contributed by atoms with Crippen molar-refractivity contribution in [2.75, 3.05) is 5.32 Å². The number of benzene rings is 1. The summed E-state index contributed by atoms with van der Waals surface area (Å²) in [5, 5.41) is 13.1. The van der Waals surface area contributed by atoms with E-state index in [1.54, 1.807) is 36.5 Å². The number of nitrogens with one attached hydrogen (secondary N) is 1. The lowest BCUT2D eigenvalue weighted by Crippen LogP contribution is -2.27. The summed E-state index contributed by atoms with van der Waals surface area (Å²) in [5.74, 6) is 0. The van der Waals surface area contributed by atoms with Crippen molar-refractivity contribution in [3.8, 4) is 0 Å². The zero-order valence-electron chi connectivity index (χ0n) is 13.8. The third kappa shape index (κ3) is 5.07. The summed E-state index contributed by atoms with van der Waals surface area (Å²) in [6, 6.07) is 10.6. The van der Waals surface area contributed by atoms with Gasteiger partial charge in [0.2, 0.25) is 0 Å². The molecule has 5 nitrogen and oxygen atoms in total. The first-order valence-corrected chi connectivity index (χ1v) is 7.45. The maximum Gasteiger partial charge on any atom is 0.412 e. The molecule has 1 amide bonds. The van der Waals surface area contributed by atoms with E-state index in [0.29, 0.717) is 5.69 Å². The van der Waals surface area contributed by atoms with Crippen LogP contribution in [0.4, 0.5) is 10.5 Å². The van der Waals surface area contributed by atoms with Crippen LogP contribution in [-0.2, 0) is 4.74 Å². The Hall–Kier alpha value is -2.40. The highest BCUT2D eigenvalue weighted by Gasteiger charge is 2.16. The first-order valence-electron chi connectivity index (χ1n) is 7.45. The monoisotopic (exact) mass is 314 g/mol. The van der Waals surface area contributed by atoms with Gasteiger partial charge in [0.05, 0.1) is 0 Å². The molecule has 0 spiro atoms. The fraction of sp³-hybridized carbons (Fsp3) is 0.333. The van der Waals surface area contributed by atoms with Crippen LogP contribution in [0.15, 0.2) is 42.6 Å². The SMILES string of the molecule is Cc1cc(C(O)c2ccc(NC(=O)OC(C)(C)C)cc2)ccn1. The first-order chi connectivity index (χ1) is 10.7. The molecule has 0 saturated heterocycles. The highest BCUT2D eigenvalue weighted by molar-refractivity contribution is 5.84. The number of pyridine rings is 1. The summed E-state index contributed by atoms with van der Waals surface area (Å²) in [4.78, 5) is 15.8. The third-order valence-corrected chi connectivity index (χ3v) is 3.11. The van der Waals surface area contributed by atoms with E-state index < -0.39 is 17.8 Å². The molecule has 1 heterocycles. The van der Waals surface area contributed by atoms with Gasteiger partial charge in [0, 0.05) is 17.6 Å². The normalized spacial score (nSPS) is 12.6. The molecule has 122 valence electrons. The van der Waals surface area contributed by atoms with E-state index in [0.717, 1.165) is 16.8 Å². The highest BCUT2D eigenvalue weighted by atomic mass is 16.6. The Kier molecular flexibility index (Phi) is 5.01. The van der Waals surface area contributed by atoms with Crippen LogP contribution in [0, 0.1) is 6.92 Å². The Morgan fingerprint density at radius 1 is 1.17 bits per heavy atom. The van der Waals surface area contributed by atoms with Crippen LogP contribution in [0.3, 0.4) is 0 Å². The standard InChI is InChI=1S/C18H22N2O3/c1-12-11-14(9-10-19-12)16(21)13-5-7-15(8-6-13)20-17(22)23-18(2,3)4/h5-11,16,21H,1-4H3,(H,20,22). The lowest BCUT2D eigenvalue weighted by molar-refractivity contribution is 0.0636. The number of aliphatic hydroxyl groups excluding tert-OH is 1. The fourth-order valence-corrected chi connectivity index (χ4v) is 2.10. The number of carbonyl (C=O) groups excluding carboxylic acids is 1. The van der Waals surface area contributed by atoms with Crippen molar-refractivity contribution in [2.45, 2.75) is 39.4 Å². The number of anilines is 1. The van der Waals surface area contributed by atoms with Crippen molar-refractivity contribution >= 4 is 11.8 Å². The second-order valence-electron chi connectivity index (χ2n) is 6.38. The smallest absolute Gasteiger partial charge is 0.412 e. The molecule has 2 aromatic rings. The number of ether oxygens (including phenoxy) is 1. The summed E-state index contributed by atoms with van der Waals surface area (Å²) >= 11 is 0. The third-order valence-electron chi connectivity index (χ3n) is 3.11. The summed E-state index contributed by atoms with van der Waals surface area (Å²) in [6.07, 6.45) is 0.439. The number of aliphatic hydroxyl groups is 1. The molecule has 5 heteroatoms. The van der Waals surface area contributed by atoms with Crippen LogP contribution in [-0.4, -0.2) is 21.8 Å². The van der Waals surface area contributed by atoms with Crippen LogP contribution < -0.4 is 5.32 Å². The van der Waals surface area contributed by atoms with Crippen LogP contribution in [0.1, 0.15) is 43.7 Å². The molecule has 0 fully saturated rings. The van der Waals surface area contributed by atoms with Crippen LogP contribution in [0.2, 0.25) is 0 Å². The van der Waals surface area contributed by atoms with Crippen LogP contribution >= 0.6 is 0 Å². The topological polar surface area (TPSA) is 71.5 Å². The number of hydrogen-bond acceptors (Lipinski definition) is 4. The van der Waals surface area contributed by atoms with Crippen molar-refractivity contribution in [3.05, 3.63) is 59.4 Å². The molecule has 0 aliphatic carbocycles. The highest BCUT2D eigenvalue weighted by Crippen LogP contribution is 2.23. The maximum absolute atomic E-state index is 11.7. The second kappa shape index (κ2) is 6.79.